The first-order chi connectivity index (χ1) is 39.2. The molecule has 2 aromatic heterocycles. The van der Waals surface area contributed by atoms with Gasteiger partial charge in [-0.3, -0.25) is 0 Å². The molecule has 0 spiro atoms. The summed E-state index contributed by atoms with van der Waals surface area (Å²) in [5.74, 6) is 0. The number of rotatable bonds is 10. The fourth-order valence-corrected chi connectivity index (χ4v) is 9.57. The average Bonchev–Trinajstić information content (AvgIpc) is 3.61. The Labute approximate surface area is 510 Å². The van der Waals surface area contributed by atoms with E-state index in [0.717, 1.165) is 93.1 Å². The summed E-state index contributed by atoms with van der Waals surface area (Å²) in [5.41, 5.74) is 21.1. The molecule has 0 amide bonds. The van der Waals surface area contributed by atoms with Gasteiger partial charge in [-0.1, -0.05) is 180 Å². The van der Waals surface area contributed by atoms with Crippen molar-refractivity contribution in [1.82, 2.24) is 9.97 Å². The van der Waals surface area contributed by atoms with E-state index in [-0.39, 0.29) is 41.8 Å². The second-order valence-electron chi connectivity index (χ2n) is 24.4. The normalized spacial score (nSPS) is 11.3. The SMILES string of the molecule is CC(C)(C)c1ccc(N(c2ccc(-c3cc[c-]c(-c4ccccn4)c3)cc2)c2ccc(C(C)(C)C)cc2)cc1.CC(C)(C)c1ccc(N(c2ccc(-c3cc[c-]c(-c4ccccn4)c3)cc2)c2ccc(C(C)(C)C)cc2)cc1.CO.CO.[Ir]. The van der Waals surface area contributed by atoms with Gasteiger partial charge in [0.2, 0.25) is 0 Å². The van der Waals surface area contributed by atoms with Gasteiger partial charge in [0.05, 0.1) is 0 Å². The molecule has 0 aliphatic heterocycles. The summed E-state index contributed by atoms with van der Waals surface area (Å²) < 4.78 is 0. The molecule has 0 saturated heterocycles. The van der Waals surface area contributed by atoms with E-state index in [2.05, 4.69) is 285 Å². The van der Waals surface area contributed by atoms with Crippen LogP contribution in [0.25, 0.3) is 44.8 Å². The number of hydrogen-bond donors (Lipinski definition) is 2. The molecule has 0 fully saturated rings. The Morgan fingerprint density at radius 1 is 0.301 bits per heavy atom. The van der Waals surface area contributed by atoms with Crippen LogP contribution in [0.2, 0.25) is 0 Å². The van der Waals surface area contributed by atoms with Crippen LogP contribution in [0, 0.1) is 12.1 Å². The molecule has 0 aliphatic rings. The maximum absolute atomic E-state index is 7.00. The van der Waals surface area contributed by atoms with E-state index < -0.39 is 0 Å². The van der Waals surface area contributed by atoms with Crippen molar-refractivity contribution in [2.45, 2.75) is 105 Å². The van der Waals surface area contributed by atoms with E-state index in [0.29, 0.717) is 0 Å². The quantitative estimate of drug-likeness (QED) is 0.133. The molecular formula is C76H82IrN4O2-2. The van der Waals surface area contributed by atoms with Crippen LogP contribution >= 0.6 is 0 Å². The van der Waals surface area contributed by atoms with Gasteiger partial charge >= 0.3 is 0 Å². The monoisotopic (exact) mass is 1280 g/mol. The number of pyridine rings is 2. The number of hydrogen-bond acceptors (Lipinski definition) is 6. The Bertz CT molecular complexity index is 3180. The Hall–Kier alpha value is -7.77. The molecule has 7 heteroatoms. The molecule has 83 heavy (non-hydrogen) atoms. The molecule has 6 nitrogen and oxygen atoms in total. The Kier molecular flexibility index (Phi) is 22.1. The first kappa shape index (κ1) is 64.4. The van der Waals surface area contributed by atoms with Crippen LogP contribution < -0.4 is 9.80 Å². The minimum absolute atomic E-state index is 0. The Morgan fingerprint density at radius 3 is 0.759 bits per heavy atom. The summed E-state index contributed by atoms with van der Waals surface area (Å²) in [7, 11) is 2.00. The summed E-state index contributed by atoms with van der Waals surface area (Å²) in [6.07, 6.45) is 3.64. The number of nitrogens with zero attached hydrogens (tertiary/aromatic N) is 4. The molecular weight excluding hydrogens is 1190 g/mol. The third-order valence-electron chi connectivity index (χ3n) is 14.4. The van der Waals surface area contributed by atoms with E-state index in [1.54, 1.807) is 0 Å². The first-order valence-electron chi connectivity index (χ1n) is 28.2. The van der Waals surface area contributed by atoms with Crippen molar-refractivity contribution in [2.75, 3.05) is 24.0 Å². The fourth-order valence-electron chi connectivity index (χ4n) is 9.57. The summed E-state index contributed by atoms with van der Waals surface area (Å²) in [4.78, 5) is 13.7. The maximum atomic E-state index is 7.00. The second kappa shape index (κ2) is 28.5. The molecule has 0 saturated carbocycles. The third kappa shape index (κ3) is 16.7. The summed E-state index contributed by atoms with van der Waals surface area (Å²) >= 11 is 0. The number of aliphatic hydroxyl groups excluding tert-OH is 2. The zero-order valence-electron chi connectivity index (χ0n) is 51.0. The zero-order chi connectivity index (χ0) is 59.2. The van der Waals surface area contributed by atoms with Gasteiger partial charge in [-0.05, 0) is 151 Å². The summed E-state index contributed by atoms with van der Waals surface area (Å²) in [6, 6.07) is 84.6. The molecule has 2 N–H and O–H groups in total. The van der Waals surface area contributed by atoms with Crippen molar-refractivity contribution in [3.8, 4) is 44.8 Å². The van der Waals surface area contributed by atoms with Crippen molar-refractivity contribution >= 4 is 34.1 Å². The predicted molar refractivity (Wildman–Crippen MR) is 348 cm³/mol. The van der Waals surface area contributed by atoms with Crippen molar-refractivity contribution in [2.24, 2.45) is 0 Å². The molecule has 0 atom stereocenters. The van der Waals surface area contributed by atoms with Gasteiger partial charge in [0.1, 0.15) is 0 Å². The molecule has 429 valence electrons. The smallest absolute Gasteiger partial charge is 0.0462 e. The van der Waals surface area contributed by atoms with Gasteiger partial charge in [0.15, 0.2) is 0 Å². The average molecular weight is 1280 g/mol. The molecule has 10 rings (SSSR count). The topological polar surface area (TPSA) is 72.7 Å². The van der Waals surface area contributed by atoms with Gasteiger partial charge < -0.3 is 30.0 Å². The van der Waals surface area contributed by atoms with Crippen molar-refractivity contribution in [1.29, 1.82) is 0 Å². The molecule has 1 radical (unpaired) electrons. The van der Waals surface area contributed by atoms with Crippen LogP contribution in [-0.2, 0) is 41.8 Å². The predicted octanol–water partition coefficient (Wildman–Crippen LogP) is 19.8. The van der Waals surface area contributed by atoms with Crippen LogP contribution in [0.1, 0.15) is 105 Å². The molecule has 0 aliphatic carbocycles. The number of anilines is 6. The molecule has 10 aromatic rings. The third-order valence-corrected chi connectivity index (χ3v) is 14.4. The molecule has 8 aromatic carbocycles. The van der Waals surface area contributed by atoms with Crippen LogP contribution in [0.15, 0.2) is 231 Å². The fraction of sp³-hybridized carbons (Fsp3) is 0.237. The Morgan fingerprint density at radius 2 is 0.542 bits per heavy atom. The van der Waals surface area contributed by atoms with Crippen LogP contribution in [0.4, 0.5) is 34.1 Å². The maximum Gasteiger partial charge on any atom is 0.0462 e. The largest absolute Gasteiger partial charge is 0.400 e. The summed E-state index contributed by atoms with van der Waals surface area (Å²) in [6.45, 7) is 27.1. The summed E-state index contributed by atoms with van der Waals surface area (Å²) in [5, 5.41) is 14.0. The van der Waals surface area contributed by atoms with Gasteiger partial charge in [-0.25, -0.2) is 0 Å². The molecule has 2 heterocycles. The van der Waals surface area contributed by atoms with Gasteiger partial charge in [0, 0.05) is 80.8 Å². The van der Waals surface area contributed by atoms with Crippen LogP contribution in [0.5, 0.6) is 0 Å². The minimum atomic E-state index is 0. The molecule has 0 bridgehead atoms. The number of aromatic nitrogens is 2. The number of benzene rings is 8. The van der Waals surface area contributed by atoms with Crippen molar-refractivity contribution in [3.05, 3.63) is 265 Å². The van der Waals surface area contributed by atoms with E-state index in [4.69, 9.17) is 10.2 Å². The standard InChI is InChI=1S/2C37H37N2.2CH4O.Ir/c2*1-36(2,3)30-15-21-33(22-16-30)39(34-23-17-31(18-24-34)37(4,5)6)32-19-13-27(14-20-32)28-10-9-11-29(26-28)35-12-7-8-25-38-35;2*1-2;/h2*7-10,12-26H,1-6H3;2*2H,1H3;/q2*-1;;;. The van der Waals surface area contributed by atoms with Gasteiger partial charge in [0.25, 0.3) is 0 Å². The second-order valence-corrected chi connectivity index (χ2v) is 24.4. The van der Waals surface area contributed by atoms with E-state index in [1.807, 2.05) is 60.9 Å². The number of aliphatic hydroxyl groups is 2. The van der Waals surface area contributed by atoms with Crippen LogP contribution in [-0.4, -0.2) is 34.4 Å². The Balaban J connectivity index is 0.000000249. The van der Waals surface area contributed by atoms with Crippen molar-refractivity contribution < 1.29 is 30.3 Å². The molecule has 0 unspecified atom stereocenters. The van der Waals surface area contributed by atoms with E-state index >= 15 is 0 Å². The zero-order valence-corrected chi connectivity index (χ0v) is 53.4. The van der Waals surface area contributed by atoms with Gasteiger partial charge in [-0.15, -0.1) is 70.8 Å². The van der Waals surface area contributed by atoms with Crippen molar-refractivity contribution in [3.63, 3.8) is 0 Å². The van der Waals surface area contributed by atoms with Crippen LogP contribution in [0.3, 0.4) is 0 Å². The minimum Gasteiger partial charge on any atom is -0.400 e. The van der Waals surface area contributed by atoms with Gasteiger partial charge in [-0.2, -0.15) is 0 Å². The van der Waals surface area contributed by atoms with E-state index in [1.165, 1.54) is 22.3 Å². The first-order valence-corrected chi connectivity index (χ1v) is 28.2. The van der Waals surface area contributed by atoms with E-state index in [9.17, 15) is 0 Å².